The number of ether oxygens (including phenoxy) is 1. The predicted octanol–water partition coefficient (Wildman–Crippen LogP) is 3.24. The Morgan fingerprint density at radius 2 is 1.86 bits per heavy atom. The lowest BCUT2D eigenvalue weighted by atomic mass is 9.77. The van der Waals surface area contributed by atoms with Crippen molar-refractivity contribution < 1.29 is 4.74 Å². The average molecular weight is 291 g/mol. The molecule has 2 aromatic carbocycles. The molecule has 0 radical (unpaired) electrons. The van der Waals surface area contributed by atoms with Crippen molar-refractivity contribution in [2.24, 2.45) is 5.73 Å². The van der Waals surface area contributed by atoms with E-state index in [0.29, 0.717) is 17.0 Å². The minimum absolute atomic E-state index is 0.0978. The van der Waals surface area contributed by atoms with Crippen LogP contribution in [0.15, 0.2) is 60.0 Å². The van der Waals surface area contributed by atoms with Gasteiger partial charge in [0.15, 0.2) is 0 Å². The highest BCUT2D eigenvalue weighted by Gasteiger charge is 2.33. The molecule has 0 saturated heterocycles. The molecule has 1 aliphatic rings. The molecule has 0 aromatic heterocycles. The summed E-state index contributed by atoms with van der Waals surface area (Å²) >= 11 is 0. The molecule has 1 aliphatic heterocycles. The van der Waals surface area contributed by atoms with E-state index in [1.807, 2.05) is 30.3 Å². The highest BCUT2D eigenvalue weighted by molar-refractivity contribution is 5.57. The van der Waals surface area contributed by atoms with E-state index in [0.717, 1.165) is 11.1 Å². The maximum Gasteiger partial charge on any atom is 0.205 e. The van der Waals surface area contributed by atoms with Gasteiger partial charge in [-0.15, -0.1) is 0 Å². The summed E-state index contributed by atoms with van der Waals surface area (Å²) < 4.78 is 5.59. The van der Waals surface area contributed by atoms with Gasteiger partial charge in [-0.1, -0.05) is 43.3 Å². The fourth-order valence-corrected chi connectivity index (χ4v) is 2.97. The first kappa shape index (κ1) is 14.0. The Kier molecular flexibility index (Phi) is 3.48. The lowest BCUT2D eigenvalue weighted by Gasteiger charge is -2.30. The molecule has 0 bridgehead atoms. The van der Waals surface area contributed by atoms with Gasteiger partial charge in [0, 0.05) is 23.2 Å². The van der Waals surface area contributed by atoms with Gasteiger partial charge < -0.3 is 16.2 Å². The van der Waals surface area contributed by atoms with Crippen LogP contribution in [-0.4, -0.2) is 0 Å². The van der Waals surface area contributed by atoms with Crippen molar-refractivity contribution in [2.45, 2.75) is 18.8 Å². The second-order valence-corrected chi connectivity index (χ2v) is 5.47. The van der Waals surface area contributed by atoms with Gasteiger partial charge in [0.05, 0.1) is 5.57 Å². The summed E-state index contributed by atoms with van der Waals surface area (Å²) in [5.41, 5.74) is 14.9. The molecule has 2 atom stereocenters. The van der Waals surface area contributed by atoms with Crippen LogP contribution < -0.4 is 16.2 Å². The molecular weight excluding hydrogens is 274 g/mol. The number of hydrogen-bond acceptors (Lipinski definition) is 4. The molecule has 0 unspecified atom stereocenters. The number of allylic oxidation sites excluding steroid dienone is 1. The van der Waals surface area contributed by atoms with E-state index in [1.54, 1.807) is 6.07 Å². The maximum atomic E-state index is 9.52. The summed E-state index contributed by atoms with van der Waals surface area (Å²) in [6.45, 7) is 2.09. The number of nitriles is 1. The van der Waals surface area contributed by atoms with Gasteiger partial charge in [-0.3, -0.25) is 0 Å². The lowest BCUT2D eigenvalue weighted by molar-refractivity contribution is 0.381. The van der Waals surface area contributed by atoms with Crippen LogP contribution in [0.25, 0.3) is 0 Å². The van der Waals surface area contributed by atoms with Crippen LogP contribution in [-0.2, 0) is 0 Å². The zero-order valence-electron chi connectivity index (χ0n) is 12.3. The van der Waals surface area contributed by atoms with Crippen LogP contribution in [0, 0.1) is 11.3 Å². The van der Waals surface area contributed by atoms with E-state index in [2.05, 4.69) is 25.1 Å². The summed E-state index contributed by atoms with van der Waals surface area (Å²) in [4.78, 5) is 0. The SMILES string of the molecule is C[C@H](c1ccccc1)[C@@H]1C(C#N)=C(N)Oc2cc(N)ccc21. The number of hydrogen-bond donors (Lipinski definition) is 2. The number of nitrogen functional groups attached to an aromatic ring is 1. The van der Waals surface area contributed by atoms with E-state index < -0.39 is 0 Å². The first-order chi connectivity index (χ1) is 10.6. The summed E-state index contributed by atoms with van der Waals surface area (Å²) in [6, 6.07) is 17.8. The van der Waals surface area contributed by atoms with Crippen LogP contribution in [0.4, 0.5) is 5.69 Å². The summed E-state index contributed by atoms with van der Waals surface area (Å²) in [6.07, 6.45) is 0. The molecular formula is C18H17N3O. The number of anilines is 1. The van der Waals surface area contributed by atoms with Crippen molar-refractivity contribution in [2.75, 3.05) is 5.73 Å². The first-order valence-corrected chi connectivity index (χ1v) is 7.13. The third kappa shape index (κ3) is 2.27. The minimum atomic E-state index is -0.142. The number of nitrogens with zero attached hydrogens (tertiary/aromatic N) is 1. The molecule has 0 amide bonds. The topological polar surface area (TPSA) is 85.1 Å². The fraction of sp³-hybridized carbons (Fsp3) is 0.167. The molecule has 4 N–H and O–H groups in total. The van der Waals surface area contributed by atoms with Gasteiger partial charge in [-0.05, 0) is 17.5 Å². The fourth-order valence-electron chi connectivity index (χ4n) is 2.97. The van der Waals surface area contributed by atoms with Crippen LogP contribution in [0.1, 0.15) is 29.9 Å². The van der Waals surface area contributed by atoms with Gasteiger partial charge in [-0.2, -0.15) is 5.26 Å². The molecule has 22 heavy (non-hydrogen) atoms. The maximum absolute atomic E-state index is 9.52. The Bertz CT molecular complexity index is 775. The predicted molar refractivity (Wildman–Crippen MR) is 85.9 cm³/mol. The minimum Gasteiger partial charge on any atom is -0.440 e. The van der Waals surface area contributed by atoms with E-state index in [4.69, 9.17) is 16.2 Å². The van der Waals surface area contributed by atoms with Gasteiger partial charge in [0.25, 0.3) is 0 Å². The molecule has 4 nitrogen and oxygen atoms in total. The Labute approximate surface area is 129 Å². The van der Waals surface area contributed by atoms with Crippen molar-refractivity contribution in [1.29, 1.82) is 5.26 Å². The Morgan fingerprint density at radius 1 is 1.14 bits per heavy atom. The summed E-state index contributed by atoms with van der Waals surface area (Å²) in [5.74, 6) is 0.745. The molecule has 1 heterocycles. The van der Waals surface area contributed by atoms with Gasteiger partial charge in [0.2, 0.25) is 5.88 Å². The smallest absolute Gasteiger partial charge is 0.205 e. The van der Waals surface area contributed by atoms with Gasteiger partial charge in [-0.25, -0.2) is 0 Å². The summed E-state index contributed by atoms with van der Waals surface area (Å²) in [5, 5.41) is 9.52. The highest BCUT2D eigenvalue weighted by atomic mass is 16.5. The Balaban J connectivity index is 2.14. The monoisotopic (exact) mass is 291 g/mol. The van der Waals surface area contributed by atoms with E-state index in [9.17, 15) is 5.26 Å². The van der Waals surface area contributed by atoms with Crippen molar-refractivity contribution >= 4 is 5.69 Å². The zero-order chi connectivity index (χ0) is 15.7. The zero-order valence-corrected chi connectivity index (χ0v) is 12.3. The number of rotatable bonds is 2. The summed E-state index contributed by atoms with van der Waals surface area (Å²) in [7, 11) is 0. The quantitative estimate of drug-likeness (QED) is 0.832. The molecule has 4 heteroatoms. The third-order valence-corrected chi connectivity index (χ3v) is 4.11. The molecule has 0 fully saturated rings. The van der Waals surface area contributed by atoms with E-state index in [1.165, 1.54) is 0 Å². The Morgan fingerprint density at radius 3 is 2.55 bits per heavy atom. The van der Waals surface area contributed by atoms with E-state index in [-0.39, 0.29) is 17.7 Å². The average Bonchev–Trinajstić information content (AvgIpc) is 2.53. The van der Waals surface area contributed by atoms with Gasteiger partial charge in [0.1, 0.15) is 11.8 Å². The molecule has 0 saturated carbocycles. The second kappa shape index (κ2) is 5.45. The first-order valence-electron chi connectivity index (χ1n) is 7.13. The largest absolute Gasteiger partial charge is 0.440 e. The molecule has 0 aliphatic carbocycles. The van der Waals surface area contributed by atoms with Crippen LogP contribution in [0.5, 0.6) is 5.75 Å². The number of benzene rings is 2. The van der Waals surface area contributed by atoms with Crippen molar-refractivity contribution in [1.82, 2.24) is 0 Å². The van der Waals surface area contributed by atoms with Crippen LogP contribution >= 0.6 is 0 Å². The Hall–Kier alpha value is -2.93. The number of nitrogens with two attached hydrogens (primary N) is 2. The molecule has 2 aromatic rings. The van der Waals surface area contributed by atoms with Crippen LogP contribution in [0.2, 0.25) is 0 Å². The lowest BCUT2D eigenvalue weighted by Crippen LogP contribution is -2.23. The van der Waals surface area contributed by atoms with Crippen LogP contribution in [0.3, 0.4) is 0 Å². The van der Waals surface area contributed by atoms with Crippen molar-refractivity contribution in [3.63, 3.8) is 0 Å². The molecule has 3 rings (SSSR count). The molecule has 110 valence electrons. The second-order valence-electron chi connectivity index (χ2n) is 5.47. The molecule has 0 spiro atoms. The number of fused-ring (bicyclic) bond motifs is 1. The third-order valence-electron chi connectivity index (χ3n) is 4.11. The standard InChI is InChI=1S/C18H17N3O/c1-11(12-5-3-2-4-6-12)17-14-8-7-13(20)9-16(14)22-18(21)15(17)10-19/h2-9,11,17H,20-21H2,1H3/t11-,17+/m1/s1. The normalized spacial score (nSPS) is 18.1. The van der Waals surface area contributed by atoms with Crippen molar-refractivity contribution in [3.05, 3.63) is 71.1 Å². The van der Waals surface area contributed by atoms with E-state index >= 15 is 0 Å². The van der Waals surface area contributed by atoms with Crippen molar-refractivity contribution in [3.8, 4) is 11.8 Å². The highest BCUT2D eigenvalue weighted by Crippen LogP contribution is 2.46. The van der Waals surface area contributed by atoms with Gasteiger partial charge >= 0.3 is 0 Å².